The first-order valence-electron chi connectivity index (χ1n) is 5.02. The Morgan fingerprint density at radius 2 is 1.94 bits per heavy atom. The third-order valence-electron chi connectivity index (χ3n) is 2.03. The van der Waals surface area contributed by atoms with Crippen LogP contribution in [0.1, 0.15) is 5.56 Å². The zero-order valence-electron chi connectivity index (χ0n) is 9.77. The molecule has 0 heterocycles. The zero-order chi connectivity index (χ0) is 12.7. The van der Waals surface area contributed by atoms with Crippen molar-refractivity contribution in [3.63, 3.8) is 0 Å². The number of carbonyl (C=O) groups is 2. The first-order valence-corrected chi connectivity index (χ1v) is 5.02. The number of benzene rings is 1. The molecular formula is C13H13NO3. The molecule has 0 fully saturated rings. The lowest BCUT2D eigenvalue weighted by Gasteiger charge is -2.11. The van der Waals surface area contributed by atoms with Crippen LogP contribution in [0.2, 0.25) is 0 Å². The minimum absolute atomic E-state index is 0.0984. The topological polar surface area (TPSA) is 46.6 Å². The van der Waals surface area contributed by atoms with E-state index in [1.165, 1.54) is 19.1 Å². The van der Waals surface area contributed by atoms with Crippen molar-refractivity contribution < 1.29 is 14.3 Å². The van der Waals surface area contributed by atoms with Crippen molar-refractivity contribution in [2.75, 3.05) is 20.7 Å². The highest BCUT2D eigenvalue weighted by Crippen LogP contribution is 1.95. The van der Waals surface area contributed by atoms with Gasteiger partial charge in [0.05, 0.1) is 7.11 Å². The smallest absolute Gasteiger partial charge is 0.325 e. The van der Waals surface area contributed by atoms with Gasteiger partial charge in [-0.1, -0.05) is 24.1 Å². The lowest BCUT2D eigenvalue weighted by Crippen LogP contribution is -2.31. The Morgan fingerprint density at radius 1 is 1.29 bits per heavy atom. The predicted octanol–water partition coefficient (Wildman–Crippen LogP) is 0.669. The third-order valence-corrected chi connectivity index (χ3v) is 2.03. The molecule has 1 aromatic rings. The molecule has 1 rings (SSSR count). The molecule has 0 aromatic heterocycles. The van der Waals surface area contributed by atoms with E-state index >= 15 is 0 Å². The number of likely N-dealkylation sites (N-methyl/N-ethyl adjacent to an activating group) is 1. The molecule has 1 amide bonds. The number of ether oxygens (including phenoxy) is 1. The van der Waals surface area contributed by atoms with E-state index in [9.17, 15) is 9.59 Å². The quantitative estimate of drug-likeness (QED) is 0.555. The number of nitrogens with zero attached hydrogens (tertiary/aromatic N) is 1. The first kappa shape index (κ1) is 12.8. The Labute approximate surface area is 100 Å². The van der Waals surface area contributed by atoms with Crippen molar-refractivity contribution in [2.24, 2.45) is 0 Å². The minimum Gasteiger partial charge on any atom is -0.468 e. The number of methoxy groups -OCH3 is 1. The minimum atomic E-state index is -0.470. The van der Waals surface area contributed by atoms with Gasteiger partial charge in [0, 0.05) is 18.5 Å². The van der Waals surface area contributed by atoms with Crippen LogP contribution in [0, 0.1) is 11.8 Å². The fourth-order valence-electron chi connectivity index (χ4n) is 1.07. The van der Waals surface area contributed by atoms with E-state index in [-0.39, 0.29) is 6.54 Å². The summed E-state index contributed by atoms with van der Waals surface area (Å²) in [5, 5.41) is 0. The Hall–Kier alpha value is -2.28. The molecule has 0 N–H and O–H groups in total. The van der Waals surface area contributed by atoms with Crippen LogP contribution < -0.4 is 0 Å². The Bertz CT molecular complexity index is 457. The SMILES string of the molecule is COC(=O)CN(C)C(=O)C#Cc1ccccc1. The van der Waals surface area contributed by atoms with Crippen LogP contribution in [0.3, 0.4) is 0 Å². The zero-order valence-corrected chi connectivity index (χ0v) is 9.77. The molecule has 0 saturated heterocycles. The van der Waals surface area contributed by atoms with E-state index in [4.69, 9.17) is 0 Å². The molecule has 0 bridgehead atoms. The highest BCUT2D eigenvalue weighted by molar-refractivity contribution is 5.95. The highest BCUT2D eigenvalue weighted by atomic mass is 16.5. The van der Waals surface area contributed by atoms with Crippen LogP contribution in [0.15, 0.2) is 30.3 Å². The van der Waals surface area contributed by atoms with E-state index in [1.54, 1.807) is 12.1 Å². The molecule has 0 aliphatic heterocycles. The van der Waals surface area contributed by atoms with Gasteiger partial charge in [-0.15, -0.1) is 0 Å². The highest BCUT2D eigenvalue weighted by Gasteiger charge is 2.10. The summed E-state index contributed by atoms with van der Waals surface area (Å²) >= 11 is 0. The summed E-state index contributed by atoms with van der Waals surface area (Å²) in [6.07, 6.45) is 0. The van der Waals surface area contributed by atoms with Crippen LogP contribution in [-0.2, 0) is 14.3 Å². The molecule has 0 spiro atoms. The van der Waals surface area contributed by atoms with Gasteiger partial charge >= 0.3 is 5.97 Å². The van der Waals surface area contributed by atoms with E-state index in [2.05, 4.69) is 16.6 Å². The second-order valence-corrected chi connectivity index (χ2v) is 3.35. The molecule has 0 aliphatic rings. The summed E-state index contributed by atoms with van der Waals surface area (Å²) in [6.45, 7) is -0.0984. The number of hydrogen-bond donors (Lipinski definition) is 0. The second-order valence-electron chi connectivity index (χ2n) is 3.35. The molecule has 88 valence electrons. The Kier molecular flexibility index (Phi) is 4.77. The van der Waals surface area contributed by atoms with Crippen molar-refractivity contribution in [2.45, 2.75) is 0 Å². The normalized spacial score (nSPS) is 8.82. The van der Waals surface area contributed by atoms with E-state index in [0.29, 0.717) is 0 Å². The number of amides is 1. The van der Waals surface area contributed by atoms with E-state index in [1.807, 2.05) is 18.2 Å². The molecule has 4 heteroatoms. The van der Waals surface area contributed by atoms with Crippen molar-refractivity contribution in [3.8, 4) is 11.8 Å². The third kappa shape index (κ3) is 4.39. The maximum absolute atomic E-state index is 11.5. The lowest BCUT2D eigenvalue weighted by molar-refractivity contribution is -0.144. The Morgan fingerprint density at radius 3 is 2.53 bits per heavy atom. The van der Waals surface area contributed by atoms with Crippen LogP contribution >= 0.6 is 0 Å². The van der Waals surface area contributed by atoms with Crippen LogP contribution in [-0.4, -0.2) is 37.5 Å². The van der Waals surface area contributed by atoms with Gasteiger partial charge in [0.2, 0.25) is 0 Å². The second kappa shape index (κ2) is 6.33. The number of rotatable bonds is 2. The average molecular weight is 231 g/mol. The predicted molar refractivity (Wildman–Crippen MR) is 63.0 cm³/mol. The average Bonchev–Trinajstić information content (AvgIpc) is 2.36. The van der Waals surface area contributed by atoms with Gasteiger partial charge in [-0.05, 0) is 12.1 Å². The summed E-state index contributed by atoms with van der Waals surface area (Å²) < 4.78 is 4.45. The summed E-state index contributed by atoms with van der Waals surface area (Å²) in [4.78, 5) is 23.7. The number of carbonyl (C=O) groups excluding carboxylic acids is 2. The molecule has 1 aromatic carbocycles. The molecule has 0 aliphatic carbocycles. The molecular weight excluding hydrogens is 218 g/mol. The van der Waals surface area contributed by atoms with Gasteiger partial charge < -0.3 is 9.64 Å². The lowest BCUT2D eigenvalue weighted by atomic mass is 10.2. The standard InChI is InChI=1S/C13H13NO3/c1-14(10-13(16)17-2)12(15)9-8-11-6-4-3-5-7-11/h3-7H,10H2,1-2H3. The van der Waals surface area contributed by atoms with Crippen LogP contribution in [0.5, 0.6) is 0 Å². The van der Waals surface area contributed by atoms with Crippen molar-refractivity contribution in [1.29, 1.82) is 0 Å². The largest absolute Gasteiger partial charge is 0.468 e. The maximum atomic E-state index is 11.5. The molecule has 0 unspecified atom stereocenters. The van der Waals surface area contributed by atoms with Gasteiger partial charge in [-0.3, -0.25) is 9.59 Å². The molecule has 17 heavy (non-hydrogen) atoms. The summed E-state index contributed by atoms with van der Waals surface area (Å²) in [7, 11) is 2.77. The molecule has 0 atom stereocenters. The fourth-order valence-corrected chi connectivity index (χ4v) is 1.07. The van der Waals surface area contributed by atoms with Crippen molar-refractivity contribution in [3.05, 3.63) is 35.9 Å². The monoisotopic (exact) mass is 231 g/mol. The summed E-state index contributed by atoms with van der Waals surface area (Å²) in [5.74, 6) is 4.29. The molecule has 0 saturated carbocycles. The van der Waals surface area contributed by atoms with Gasteiger partial charge in [-0.2, -0.15) is 0 Å². The van der Waals surface area contributed by atoms with Crippen molar-refractivity contribution in [1.82, 2.24) is 4.90 Å². The summed E-state index contributed by atoms with van der Waals surface area (Å²) in [6, 6.07) is 9.16. The Balaban J connectivity index is 2.61. The van der Waals surface area contributed by atoms with Gasteiger partial charge in [-0.25, -0.2) is 0 Å². The molecule has 0 radical (unpaired) electrons. The molecule has 4 nitrogen and oxygen atoms in total. The number of hydrogen-bond acceptors (Lipinski definition) is 3. The maximum Gasteiger partial charge on any atom is 0.325 e. The van der Waals surface area contributed by atoms with Gasteiger partial charge in [0.15, 0.2) is 0 Å². The van der Waals surface area contributed by atoms with Crippen molar-refractivity contribution >= 4 is 11.9 Å². The number of esters is 1. The van der Waals surface area contributed by atoms with E-state index in [0.717, 1.165) is 5.56 Å². The van der Waals surface area contributed by atoms with Gasteiger partial charge in [0.25, 0.3) is 5.91 Å². The van der Waals surface area contributed by atoms with Gasteiger partial charge in [0.1, 0.15) is 6.54 Å². The summed E-state index contributed by atoms with van der Waals surface area (Å²) in [5.41, 5.74) is 0.757. The van der Waals surface area contributed by atoms with Crippen LogP contribution in [0.25, 0.3) is 0 Å². The van der Waals surface area contributed by atoms with Crippen LogP contribution in [0.4, 0.5) is 0 Å². The fraction of sp³-hybridized carbons (Fsp3) is 0.231. The first-order chi connectivity index (χ1) is 8.13. The van der Waals surface area contributed by atoms with E-state index < -0.39 is 11.9 Å².